The van der Waals surface area contributed by atoms with Gasteiger partial charge < -0.3 is 15.0 Å². The van der Waals surface area contributed by atoms with Crippen LogP contribution in [-0.2, 0) is 9.59 Å². The largest absolute Gasteiger partial charge is 0.483 e. The van der Waals surface area contributed by atoms with Crippen LogP contribution < -0.4 is 10.1 Å². The van der Waals surface area contributed by atoms with Gasteiger partial charge in [-0.05, 0) is 69.8 Å². The number of halogens is 1. The van der Waals surface area contributed by atoms with Gasteiger partial charge in [-0.25, -0.2) is 0 Å². The second-order valence-electron chi connectivity index (χ2n) is 8.64. The van der Waals surface area contributed by atoms with E-state index in [4.69, 9.17) is 4.74 Å². The predicted octanol–water partition coefficient (Wildman–Crippen LogP) is 4.36. The number of amides is 2. The molecule has 2 aromatic carbocycles. The van der Waals surface area contributed by atoms with Gasteiger partial charge in [0.1, 0.15) is 5.75 Å². The molecule has 168 valence electrons. The molecule has 0 bridgehead atoms. The summed E-state index contributed by atoms with van der Waals surface area (Å²) >= 11 is 2.20. The average molecular weight is 546 g/mol. The third kappa shape index (κ3) is 4.02. The molecule has 2 atom stereocenters. The van der Waals surface area contributed by atoms with Crippen molar-refractivity contribution in [1.29, 1.82) is 0 Å². The van der Waals surface area contributed by atoms with Gasteiger partial charge in [0.15, 0.2) is 12.4 Å². The molecule has 32 heavy (non-hydrogen) atoms. The molecule has 2 aliphatic rings. The van der Waals surface area contributed by atoms with Crippen molar-refractivity contribution >= 4 is 40.2 Å². The minimum atomic E-state index is -0.359. The van der Waals surface area contributed by atoms with Crippen LogP contribution in [-0.4, -0.2) is 41.7 Å². The minimum Gasteiger partial charge on any atom is -0.483 e. The lowest BCUT2D eigenvalue weighted by Gasteiger charge is -2.26. The Labute approximate surface area is 201 Å². The van der Waals surface area contributed by atoms with Crippen molar-refractivity contribution < 1.29 is 19.1 Å². The van der Waals surface area contributed by atoms with Crippen molar-refractivity contribution in [2.75, 3.05) is 13.2 Å². The van der Waals surface area contributed by atoms with Gasteiger partial charge in [-0.3, -0.25) is 14.4 Å². The minimum absolute atomic E-state index is 0.0275. The number of benzene rings is 2. The summed E-state index contributed by atoms with van der Waals surface area (Å²) in [6, 6.07) is 11.0. The third-order valence-corrected chi connectivity index (χ3v) is 6.91. The van der Waals surface area contributed by atoms with E-state index in [2.05, 4.69) is 27.9 Å². The SMILES string of the molecule is CCCNC(=O)COc1ccc(-c2cccc3c2C2CC(=O)C(C(C)C)N2C3=O)cc1I. The summed E-state index contributed by atoms with van der Waals surface area (Å²) in [5.41, 5.74) is 3.56. The number of hydrogen-bond donors (Lipinski definition) is 1. The first kappa shape index (κ1) is 22.8. The molecule has 2 amide bonds. The van der Waals surface area contributed by atoms with E-state index in [1.807, 2.05) is 57.2 Å². The summed E-state index contributed by atoms with van der Waals surface area (Å²) in [5, 5.41) is 2.80. The molecule has 2 aromatic rings. The Balaban J connectivity index is 1.62. The molecule has 0 aliphatic carbocycles. The van der Waals surface area contributed by atoms with Crippen molar-refractivity contribution in [2.24, 2.45) is 5.92 Å². The van der Waals surface area contributed by atoms with Gasteiger partial charge in [-0.2, -0.15) is 0 Å². The second-order valence-corrected chi connectivity index (χ2v) is 9.80. The zero-order chi connectivity index (χ0) is 23.0. The zero-order valence-electron chi connectivity index (χ0n) is 18.5. The molecule has 1 fully saturated rings. The average Bonchev–Trinajstić information content (AvgIpc) is 3.24. The van der Waals surface area contributed by atoms with Crippen LogP contribution >= 0.6 is 22.6 Å². The molecule has 2 heterocycles. The van der Waals surface area contributed by atoms with E-state index in [1.54, 1.807) is 4.90 Å². The van der Waals surface area contributed by atoms with Crippen LogP contribution in [0.2, 0.25) is 0 Å². The Hall–Kier alpha value is -2.42. The molecule has 1 N–H and O–H groups in total. The lowest BCUT2D eigenvalue weighted by Crippen LogP contribution is -2.39. The van der Waals surface area contributed by atoms with E-state index >= 15 is 0 Å². The highest BCUT2D eigenvalue weighted by Crippen LogP contribution is 2.48. The molecular weight excluding hydrogens is 519 g/mol. The van der Waals surface area contributed by atoms with Gasteiger partial charge in [0.25, 0.3) is 11.8 Å². The molecule has 0 aromatic heterocycles. The van der Waals surface area contributed by atoms with Gasteiger partial charge in [-0.1, -0.05) is 39.0 Å². The Morgan fingerprint density at radius 2 is 1.97 bits per heavy atom. The maximum Gasteiger partial charge on any atom is 0.257 e. The highest BCUT2D eigenvalue weighted by atomic mass is 127. The number of ether oxygens (including phenoxy) is 1. The number of Topliss-reactive ketones (excluding diaryl/α,β-unsaturated/α-hetero) is 1. The highest BCUT2D eigenvalue weighted by Gasteiger charge is 2.51. The monoisotopic (exact) mass is 546 g/mol. The lowest BCUT2D eigenvalue weighted by atomic mass is 9.91. The second kappa shape index (κ2) is 9.21. The number of carbonyl (C=O) groups excluding carboxylic acids is 3. The van der Waals surface area contributed by atoms with Crippen LogP contribution in [0.4, 0.5) is 0 Å². The van der Waals surface area contributed by atoms with Crippen LogP contribution in [0.5, 0.6) is 5.75 Å². The smallest absolute Gasteiger partial charge is 0.257 e. The Kier molecular flexibility index (Phi) is 6.55. The van der Waals surface area contributed by atoms with Crippen molar-refractivity contribution in [3.05, 3.63) is 51.1 Å². The van der Waals surface area contributed by atoms with Crippen LogP contribution in [0.15, 0.2) is 36.4 Å². The maximum atomic E-state index is 13.2. The molecule has 1 saturated heterocycles. The number of nitrogens with one attached hydrogen (secondary N) is 1. The van der Waals surface area contributed by atoms with Crippen molar-refractivity contribution in [3.8, 4) is 16.9 Å². The fraction of sp³-hybridized carbons (Fsp3) is 0.400. The van der Waals surface area contributed by atoms with Crippen LogP contribution in [0.1, 0.15) is 55.6 Å². The summed E-state index contributed by atoms with van der Waals surface area (Å²) in [5.74, 6) is 0.669. The van der Waals surface area contributed by atoms with E-state index in [-0.39, 0.29) is 42.2 Å². The summed E-state index contributed by atoms with van der Waals surface area (Å²) in [7, 11) is 0. The summed E-state index contributed by atoms with van der Waals surface area (Å²) in [4.78, 5) is 39.5. The summed E-state index contributed by atoms with van der Waals surface area (Å²) in [6.07, 6.45) is 1.24. The van der Waals surface area contributed by atoms with Crippen LogP contribution in [0.25, 0.3) is 11.1 Å². The number of rotatable bonds is 7. The first-order valence-electron chi connectivity index (χ1n) is 11.0. The first-order chi connectivity index (χ1) is 15.3. The molecule has 2 unspecified atom stereocenters. The fourth-order valence-electron chi connectivity index (χ4n) is 4.71. The standard InChI is InChI=1S/C25H27IN2O4/c1-4-10-27-22(30)13-32-21-9-8-15(11-18(21)26)16-6-5-7-17-23(16)19-12-20(29)24(14(2)3)28(19)25(17)31/h5-9,11,14,19,24H,4,10,12-13H2,1-3H3,(H,27,30). The third-order valence-electron chi connectivity index (χ3n) is 6.07. The van der Waals surface area contributed by atoms with Gasteiger partial charge >= 0.3 is 0 Å². The first-order valence-corrected chi connectivity index (χ1v) is 12.1. The number of fused-ring (bicyclic) bond motifs is 3. The van der Waals surface area contributed by atoms with Gasteiger partial charge in [0.2, 0.25) is 0 Å². The summed E-state index contributed by atoms with van der Waals surface area (Å²) in [6.45, 7) is 6.59. The molecule has 7 heteroatoms. The van der Waals surface area contributed by atoms with E-state index < -0.39 is 0 Å². The molecule has 0 spiro atoms. The number of hydrogen-bond acceptors (Lipinski definition) is 4. The van der Waals surface area contributed by atoms with E-state index in [1.165, 1.54) is 0 Å². The quantitative estimate of drug-likeness (QED) is 0.524. The topological polar surface area (TPSA) is 75.7 Å². The molecule has 2 aliphatic heterocycles. The number of ketones is 1. The normalized spacial score (nSPS) is 19.3. The van der Waals surface area contributed by atoms with Gasteiger partial charge in [0.05, 0.1) is 15.7 Å². The lowest BCUT2D eigenvalue weighted by molar-refractivity contribution is -0.123. The van der Waals surface area contributed by atoms with E-state index in [0.717, 1.165) is 26.7 Å². The zero-order valence-corrected chi connectivity index (χ0v) is 20.6. The van der Waals surface area contributed by atoms with Crippen LogP contribution in [0.3, 0.4) is 0 Å². The van der Waals surface area contributed by atoms with Crippen molar-refractivity contribution in [2.45, 2.75) is 45.7 Å². The van der Waals surface area contributed by atoms with Gasteiger partial charge in [-0.15, -0.1) is 0 Å². The van der Waals surface area contributed by atoms with Crippen molar-refractivity contribution in [1.82, 2.24) is 10.2 Å². The number of carbonyl (C=O) groups is 3. The predicted molar refractivity (Wildman–Crippen MR) is 131 cm³/mol. The van der Waals surface area contributed by atoms with E-state index in [9.17, 15) is 14.4 Å². The highest BCUT2D eigenvalue weighted by molar-refractivity contribution is 14.1. The molecule has 4 rings (SSSR count). The fourth-order valence-corrected chi connectivity index (χ4v) is 5.38. The maximum absolute atomic E-state index is 13.2. The van der Waals surface area contributed by atoms with Crippen molar-refractivity contribution in [3.63, 3.8) is 0 Å². The molecule has 6 nitrogen and oxygen atoms in total. The van der Waals surface area contributed by atoms with Gasteiger partial charge in [0, 0.05) is 18.5 Å². The molecular formula is C25H27IN2O4. The Morgan fingerprint density at radius 3 is 2.66 bits per heavy atom. The van der Waals surface area contributed by atoms with E-state index in [0.29, 0.717) is 24.3 Å². The Morgan fingerprint density at radius 1 is 1.22 bits per heavy atom. The van der Waals surface area contributed by atoms with Crippen LogP contribution in [0, 0.1) is 9.49 Å². The number of nitrogens with zero attached hydrogens (tertiary/aromatic N) is 1. The Bertz CT molecular complexity index is 1080. The summed E-state index contributed by atoms with van der Waals surface area (Å²) < 4.78 is 6.57. The molecule has 0 radical (unpaired) electrons. The molecule has 0 saturated carbocycles.